The van der Waals surface area contributed by atoms with E-state index in [4.69, 9.17) is 5.73 Å². The third-order valence-electron chi connectivity index (χ3n) is 4.08. The molecule has 5 heteroatoms. The maximum absolute atomic E-state index is 12.0. The second kappa shape index (κ2) is 8.37. The van der Waals surface area contributed by atoms with Crippen molar-refractivity contribution in [3.63, 3.8) is 0 Å². The molecule has 0 aliphatic carbocycles. The molecule has 2 unspecified atom stereocenters. The van der Waals surface area contributed by atoms with E-state index in [0.29, 0.717) is 31.6 Å². The Morgan fingerprint density at radius 3 is 2.62 bits per heavy atom. The fraction of sp³-hybridized carbons (Fsp3) is 0.562. The molecule has 1 aromatic carbocycles. The standard InChI is InChI=1S/C16H25N3O.ClH/c1-12-3-5-14(6-4-12)9-18-16(20)11-19-10-15(8-17)7-13(19)2;/h3-6,13,15H,7-11,17H2,1-2H3,(H,18,20);1H. The van der Waals surface area contributed by atoms with E-state index in [-0.39, 0.29) is 18.3 Å². The summed E-state index contributed by atoms with van der Waals surface area (Å²) in [7, 11) is 0. The number of rotatable bonds is 5. The number of benzene rings is 1. The van der Waals surface area contributed by atoms with Crippen LogP contribution in [0.25, 0.3) is 0 Å². The average molecular weight is 312 g/mol. The van der Waals surface area contributed by atoms with E-state index in [1.165, 1.54) is 5.56 Å². The molecule has 1 amide bonds. The van der Waals surface area contributed by atoms with Gasteiger partial charge in [-0.1, -0.05) is 29.8 Å². The van der Waals surface area contributed by atoms with E-state index in [1.54, 1.807) is 0 Å². The molecular weight excluding hydrogens is 286 g/mol. The van der Waals surface area contributed by atoms with Gasteiger partial charge in [-0.25, -0.2) is 0 Å². The lowest BCUT2D eigenvalue weighted by Crippen LogP contribution is -2.39. The van der Waals surface area contributed by atoms with Crippen LogP contribution >= 0.6 is 12.4 Å². The number of halogens is 1. The van der Waals surface area contributed by atoms with Gasteiger partial charge in [0.05, 0.1) is 6.54 Å². The summed E-state index contributed by atoms with van der Waals surface area (Å²) >= 11 is 0. The number of likely N-dealkylation sites (tertiary alicyclic amines) is 1. The van der Waals surface area contributed by atoms with Crippen LogP contribution in [0.1, 0.15) is 24.5 Å². The van der Waals surface area contributed by atoms with Crippen molar-refractivity contribution in [1.29, 1.82) is 0 Å². The highest BCUT2D eigenvalue weighted by Crippen LogP contribution is 2.21. The van der Waals surface area contributed by atoms with Gasteiger partial charge in [0.1, 0.15) is 0 Å². The van der Waals surface area contributed by atoms with E-state index in [2.05, 4.69) is 48.3 Å². The van der Waals surface area contributed by atoms with Crippen LogP contribution in [0.3, 0.4) is 0 Å². The van der Waals surface area contributed by atoms with Crippen LogP contribution in [-0.4, -0.2) is 36.5 Å². The van der Waals surface area contributed by atoms with Crippen molar-refractivity contribution in [3.8, 4) is 0 Å². The summed E-state index contributed by atoms with van der Waals surface area (Å²) in [6.45, 7) is 6.96. The molecule has 1 aromatic rings. The Morgan fingerprint density at radius 2 is 2.05 bits per heavy atom. The summed E-state index contributed by atoms with van der Waals surface area (Å²) < 4.78 is 0. The molecule has 118 valence electrons. The monoisotopic (exact) mass is 311 g/mol. The van der Waals surface area contributed by atoms with Crippen LogP contribution in [0.15, 0.2) is 24.3 Å². The molecule has 1 saturated heterocycles. The normalized spacial score (nSPS) is 21.9. The lowest BCUT2D eigenvalue weighted by Gasteiger charge is -2.20. The highest BCUT2D eigenvalue weighted by molar-refractivity contribution is 5.85. The number of hydrogen-bond donors (Lipinski definition) is 2. The fourth-order valence-corrected chi connectivity index (χ4v) is 2.76. The van der Waals surface area contributed by atoms with Crippen LogP contribution < -0.4 is 11.1 Å². The van der Waals surface area contributed by atoms with Gasteiger partial charge in [-0.3, -0.25) is 9.69 Å². The molecule has 1 fully saturated rings. The molecule has 0 spiro atoms. The lowest BCUT2D eigenvalue weighted by atomic mass is 10.1. The smallest absolute Gasteiger partial charge is 0.234 e. The van der Waals surface area contributed by atoms with E-state index < -0.39 is 0 Å². The summed E-state index contributed by atoms with van der Waals surface area (Å²) in [5, 5.41) is 2.99. The minimum atomic E-state index is 0. The number of aryl methyl sites for hydroxylation is 1. The Hall–Kier alpha value is -1.10. The first-order valence-electron chi connectivity index (χ1n) is 7.35. The van der Waals surface area contributed by atoms with Crippen LogP contribution in [0.2, 0.25) is 0 Å². The topological polar surface area (TPSA) is 58.4 Å². The number of nitrogens with one attached hydrogen (secondary N) is 1. The fourth-order valence-electron chi connectivity index (χ4n) is 2.76. The molecule has 4 nitrogen and oxygen atoms in total. The zero-order chi connectivity index (χ0) is 14.5. The van der Waals surface area contributed by atoms with Crippen molar-refractivity contribution in [1.82, 2.24) is 10.2 Å². The van der Waals surface area contributed by atoms with Gasteiger partial charge < -0.3 is 11.1 Å². The summed E-state index contributed by atoms with van der Waals surface area (Å²) in [5.74, 6) is 0.630. The summed E-state index contributed by atoms with van der Waals surface area (Å²) in [6, 6.07) is 8.69. The van der Waals surface area contributed by atoms with Crippen LogP contribution in [-0.2, 0) is 11.3 Å². The Balaban J connectivity index is 0.00000220. The third-order valence-corrected chi connectivity index (χ3v) is 4.08. The molecule has 2 atom stereocenters. The first-order valence-corrected chi connectivity index (χ1v) is 7.35. The van der Waals surface area contributed by atoms with E-state index in [0.717, 1.165) is 18.5 Å². The SMILES string of the molecule is Cc1ccc(CNC(=O)CN2CC(CN)CC2C)cc1.Cl. The second-order valence-corrected chi connectivity index (χ2v) is 5.88. The molecule has 0 bridgehead atoms. The largest absolute Gasteiger partial charge is 0.351 e. The Bertz CT molecular complexity index is 449. The number of amides is 1. The minimum absolute atomic E-state index is 0. The third kappa shape index (κ3) is 5.30. The maximum Gasteiger partial charge on any atom is 0.234 e. The number of carbonyl (C=O) groups is 1. The minimum Gasteiger partial charge on any atom is -0.351 e. The zero-order valence-corrected chi connectivity index (χ0v) is 13.7. The van der Waals surface area contributed by atoms with Gasteiger partial charge in [0, 0.05) is 19.1 Å². The molecule has 2 rings (SSSR count). The number of nitrogens with two attached hydrogens (primary N) is 1. The number of carbonyl (C=O) groups excluding carboxylic acids is 1. The second-order valence-electron chi connectivity index (χ2n) is 5.88. The summed E-state index contributed by atoms with van der Waals surface area (Å²) in [6.07, 6.45) is 1.10. The van der Waals surface area contributed by atoms with Gasteiger partial charge in [-0.2, -0.15) is 0 Å². The van der Waals surface area contributed by atoms with E-state index in [9.17, 15) is 4.79 Å². The molecule has 0 radical (unpaired) electrons. The van der Waals surface area contributed by atoms with Crippen molar-refractivity contribution in [2.45, 2.75) is 32.9 Å². The van der Waals surface area contributed by atoms with Crippen molar-refractivity contribution < 1.29 is 4.79 Å². The average Bonchev–Trinajstić information content (AvgIpc) is 2.79. The van der Waals surface area contributed by atoms with Gasteiger partial charge in [0.15, 0.2) is 0 Å². The highest BCUT2D eigenvalue weighted by atomic mass is 35.5. The molecule has 0 aromatic heterocycles. The predicted octanol–water partition coefficient (Wildman–Crippen LogP) is 1.70. The first-order chi connectivity index (χ1) is 9.58. The predicted molar refractivity (Wildman–Crippen MR) is 88.5 cm³/mol. The van der Waals surface area contributed by atoms with Crippen molar-refractivity contribution in [3.05, 3.63) is 35.4 Å². The molecule has 21 heavy (non-hydrogen) atoms. The van der Waals surface area contributed by atoms with Crippen LogP contribution in [0.4, 0.5) is 0 Å². The Kier molecular flexibility index (Phi) is 7.15. The van der Waals surface area contributed by atoms with E-state index in [1.807, 2.05) is 0 Å². The van der Waals surface area contributed by atoms with Gasteiger partial charge in [-0.15, -0.1) is 12.4 Å². The van der Waals surface area contributed by atoms with Gasteiger partial charge in [0.25, 0.3) is 0 Å². The van der Waals surface area contributed by atoms with Crippen molar-refractivity contribution in [2.75, 3.05) is 19.6 Å². The van der Waals surface area contributed by atoms with Gasteiger partial charge >= 0.3 is 0 Å². The van der Waals surface area contributed by atoms with Crippen LogP contribution in [0, 0.1) is 12.8 Å². The summed E-state index contributed by atoms with van der Waals surface area (Å²) in [5.41, 5.74) is 8.08. The van der Waals surface area contributed by atoms with E-state index >= 15 is 0 Å². The van der Waals surface area contributed by atoms with Crippen LogP contribution in [0.5, 0.6) is 0 Å². The first kappa shape index (κ1) is 18.0. The van der Waals surface area contributed by atoms with Gasteiger partial charge in [0.2, 0.25) is 5.91 Å². The molecular formula is C16H26ClN3O. The molecule has 1 aliphatic heterocycles. The number of nitrogens with zero attached hydrogens (tertiary/aromatic N) is 1. The molecule has 1 aliphatic rings. The van der Waals surface area contributed by atoms with Gasteiger partial charge in [-0.05, 0) is 38.3 Å². The molecule has 0 saturated carbocycles. The van der Waals surface area contributed by atoms with Crippen molar-refractivity contribution >= 4 is 18.3 Å². The number of hydrogen-bond acceptors (Lipinski definition) is 3. The maximum atomic E-state index is 12.0. The summed E-state index contributed by atoms with van der Waals surface area (Å²) in [4.78, 5) is 14.2. The Morgan fingerprint density at radius 1 is 1.38 bits per heavy atom. The molecule has 3 N–H and O–H groups in total. The molecule has 1 heterocycles. The lowest BCUT2D eigenvalue weighted by molar-refractivity contribution is -0.122. The Labute approximate surface area is 133 Å². The quantitative estimate of drug-likeness (QED) is 0.870. The van der Waals surface area contributed by atoms with Crippen molar-refractivity contribution in [2.24, 2.45) is 11.7 Å². The highest BCUT2D eigenvalue weighted by Gasteiger charge is 2.29. The zero-order valence-electron chi connectivity index (χ0n) is 12.8.